The maximum absolute atomic E-state index is 12.5. The van der Waals surface area contributed by atoms with Gasteiger partial charge in [0.1, 0.15) is 0 Å². The quantitative estimate of drug-likeness (QED) is 0.691. The van der Waals surface area contributed by atoms with Crippen molar-refractivity contribution in [3.8, 4) is 11.7 Å². The minimum Gasteiger partial charge on any atom is -0.438 e. The average Bonchev–Trinajstić information content (AvgIpc) is 3.41. The monoisotopic (exact) mass is 387 g/mol. The zero-order valence-electron chi connectivity index (χ0n) is 15.0. The lowest BCUT2D eigenvalue weighted by Gasteiger charge is -2.04. The molecule has 2 aromatic heterocycles. The lowest BCUT2D eigenvalue weighted by atomic mass is 10.1. The summed E-state index contributed by atoms with van der Waals surface area (Å²) < 4.78 is 38.6. The molecule has 142 valence electrons. The van der Waals surface area contributed by atoms with Gasteiger partial charge >= 0.3 is 0 Å². The highest BCUT2D eigenvalue weighted by Gasteiger charge is 2.25. The molecule has 0 aliphatic heterocycles. The van der Waals surface area contributed by atoms with Gasteiger partial charge in [-0.1, -0.05) is 42.7 Å². The highest BCUT2D eigenvalue weighted by Crippen LogP contribution is 2.34. The molecule has 0 saturated heterocycles. The van der Waals surface area contributed by atoms with Gasteiger partial charge in [-0.25, -0.2) is 13.1 Å². The van der Waals surface area contributed by atoms with Crippen molar-refractivity contribution in [1.82, 2.24) is 14.9 Å². The zero-order valence-corrected chi connectivity index (χ0v) is 15.8. The second-order valence-electron chi connectivity index (χ2n) is 6.86. The summed E-state index contributed by atoms with van der Waals surface area (Å²) in [5.41, 5.74) is 1.99. The normalized spacial score (nSPS) is 15.4. The van der Waals surface area contributed by atoms with Crippen LogP contribution in [0.15, 0.2) is 50.3 Å². The van der Waals surface area contributed by atoms with Crippen LogP contribution in [0.25, 0.3) is 11.7 Å². The van der Waals surface area contributed by atoms with Gasteiger partial charge in [0, 0.05) is 12.5 Å². The van der Waals surface area contributed by atoms with Crippen molar-refractivity contribution >= 4 is 10.0 Å². The number of rotatable bonds is 6. The number of sulfonamides is 1. The number of nitrogens with one attached hydrogen (secondary N) is 1. The molecule has 2 heterocycles. The Morgan fingerprint density at radius 3 is 2.52 bits per heavy atom. The first-order valence-corrected chi connectivity index (χ1v) is 10.5. The Morgan fingerprint density at radius 1 is 1.04 bits per heavy atom. The highest BCUT2D eigenvalue weighted by atomic mass is 32.2. The van der Waals surface area contributed by atoms with Crippen LogP contribution in [0.5, 0.6) is 0 Å². The predicted octanol–water partition coefficient (Wildman–Crippen LogP) is 3.77. The van der Waals surface area contributed by atoms with Gasteiger partial charge in [-0.15, -0.1) is 10.2 Å². The smallest absolute Gasteiger partial charge is 0.283 e. The summed E-state index contributed by atoms with van der Waals surface area (Å²) in [5.74, 6) is 1.35. The summed E-state index contributed by atoms with van der Waals surface area (Å²) in [5, 5.41) is 7.91. The van der Waals surface area contributed by atoms with Gasteiger partial charge in [-0.3, -0.25) is 0 Å². The second-order valence-corrected chi connectivity index (χ2v) is 8.55. The third kappa shape index (κ3) is 3.96. The van der Waals surface area contributed by atoms with E-state index in [0.29, 0.717) is 11.8 Å². The summed E-state index contributed by atoms with van der Waals surface area (Å²) in [4.78, 5) is 0. The summed E-state index contributed by atoms with van der Waals surface area (Å²) in [6.07, 6.45) is 4.42. The fourth-order valence-corrected chi connectivity index (χ4v) is 4.15. The lowest BCUT2D eigenvalue weighted by Crippen LogP contribution is -2.22. The number of benzene rings is 1. The van der Waals surface area contributed by atoms with E-state index >= 15 is 0 Å². The molecule has 1 aliphatic carbocycles. The van der Waals surface area contributed by atoms with E-state index in [1.807, 2.05) is 31.2 Å². The molecule has 0 radical (unpaired) electrons. The van der Waals surface area contributed by atoms with Crippen molar-refractivity contribution in [2.24, 2.45) is 0 Å². The molecule has 4 rings (SSSR count). The van der Waals surface area contributed by atoms with E-state index in [1.165, 1.54) is 12.1 Å². The van der Waals surface area contributed by atoms with E-state index in [9.17, 15) is 8.42 Å². The topological polar surface area (TPSA) is 98.2 Å². The molecular formula is C19H21N3O4S. The SMILES string of the molecule is Cc1ccc(CNS(=O)(=O)c2ccc(-c3nnc(C4CCCC4)o3)o2)cc1. The maximum Gasteiger partial charge on any atom is 0.283 e. The Balaban J connectivity index is 1.47. The van der Waals surface area contributed by atoms with Crippen LogP contribution in [0.3, 0.4) is 0 Å². The third-order valence-electron chi connectivity index (χ3n) is 4.79. The van der Waals surface area contributed by atoms with Crippen LogP contribution in [-0.2, 0) is 16.6 Å². The highest BCUT2D eigenvalue weighted by molar-refractivity contribution is 7.89. The number of hydrogen-bond acceptors (Lipinski definition) is 6. The van der Waals surface area contributed by atoms with Gasteiger partial charge in [0.25, 0.3) is 15.9 Å². The Hall–Kier alpha value is -2.45. The maximum atomic E-state index is 12.5. The van der Waals surface area contributed by atoms with Gasteiger partial charge in [0.2, 0.25) is 11.0 Å². The average molecular weight is 387 g/mol. The Bertz CT molecular complexity index is 1020. The first kappa shape index (κ1) is 17.9. The number of aromatic nitrogens is 2. The van der Waals surface area contributed by atoms with Gasteiger partial charge < -0.3 is 8.83 Å². The predicted molar refractivity (Wildman–Crippen MR) is 98.4 cm³/mol. The first-order chi connectivity index (χ1) is 13.0. The van der Waals surface area contributed by atoms with Gasteiger partial charge in [0.15, 0.2) is 5.76 Å². The standard InChI is InChI=1S/C19H21N3O4S/c1-13-6-8-14(9-7-13)12-20-27(23,24)17-11-10-16(25-17)19-22-21-18(26-19)15-4-2-3-5-15/h6-11,15,20H,2-5,12H2,1H3. The minimum absolute atomic E-state index is 0.176. The van der Waals surface area contributed by atoms with Crippen molar-refractivity contribution in [2.45, 2.75) is 50.2 Å². The molecule has 1 N–H and O–H groups in total. The number of aryl methyl sites for hydroxylation is 1. The minimum atomic E-state index is -3.77. The number of hydrogen-bond donors (Lipinski definition) is 1. The molecule has 27 heavy (non-hydrogen) atoms. The molecule has 1 aromatic carbocycles. The van der Waals surface area contributed by atoms with Crippen LogP contribution in [0, 0.1) is 6.92 Å². The van der Waals surface area contributed by atoms with Gasteiger partial charge in [-0.05, 0) is 37.5 Å². The van der Waals surface area contributed by atoms with E-state index in [2.05, 4.69) is 14.9 Å². The van der Waals surface area contributed by atoms with Crippen molar-refractivity contribution in [1.29, 1.82) is 0 Å². The molecule has 1 aliphatic rings. The molecule has 1 saturated carbocycles. The fraction of sp³-hybridized carbons (Fsp3) is 0.368. The zero-order chi connectivity index (χ0) is 18.9. The lowest BCUT2D eigenvalue weighted by molar-refractivity contribution is 0.419. The van der Waals surface area contributed by atoms with Crippen LogP contribution in [0.4, 0.5) is 0 Å². The molecule has 0 atom stereocenters. The van der Waals surface area contributed by atoms with Crippen molar-refractivity contribution in [2.75, 3.05) is 0 Å². The summed E-state index contributed by atoms with van der Waals surface area (Å²) >= 11 is 0. The van der Waals surface area contributed by atoms with E-state index in [0.717, 1.165) is 36.8 Å². The first-order valence-electron chi connectivity index (χ1n) is 9.00. The van der Waals surface area contributed by atoms with Gasteiger partial charge in [0.05, 0.1) is 0 Å². The molecule has 7 nitrogen and oxygen atoms in total. The van der Waals surface area contributed by atoms with Crippen molar-refractivity contribution in [3.05, 3.63) is 53.4 Å². The Kier molecular flexibility index (Phi) is 4.84. The van der Waals surface area contributed by atoms with E-state index in [1.54, 1.807) is 0 Å². The van der Waals surface area contributed by atoms with Crippen LogP contribution in [0.1, 0.15) is 48.6 Å². The molecule has 0 amide bonds. The second kappa shape index (κ2) is 7.28. The summed E-state index contributed by atoms with van der Waals surface area (Å²) in [7, 11) is -3.77. The van der Waals surface area contributed by atoms with E-state index in [4.69, 9.17) is 8.83 Å². The third-order valence-corrected chi connectivity index (χ3v) is 6.06. The molecule has 0 unspecified atom stereocenters. The molecule has 0 bridgehead atoms. The molecule has 8 heteroatoms. The van der Waals surface area contributed by atoms with Gasteiger partial charge in [-0.2, -0.15) is 0 Å². The number of furan rings is 1. The molecule has 0 spiro atoms. The summed E-state index contributed by atoms with van der Waals surface area (Å²) in [6.45, 7) is 2.17. The van der Waals surface area contributed by atoms with Crippen molar-refractivity contribution in [3.63, 3.8) is 0 Å². The summed E-state index contributed by atoms with van der Waals surface area (Å²) in [6, 6.07) is 10.6. The van der Waals surface area contributed by atoms with Crippen LogP contribution in [-0.4, -0.2) is 18.6 Å². The van der Waals surface area contributed by atoms with E-state index in [-0.39, 0.29) is 23.3 Å². The van der Waals surface area contributed by atoms with Crippen LogP contribution >= 0.6 is 0 Å². The Morgan fingerprint density at radius 2 is 1.78 bits per heavy atom. The molecule has 3 aromatic rings. The fourth-order valence-electron chi connectivity index (χ4n) is 3.21. The van der Waals surface area contributed by atoms with Crippen molar-refractivity contribution < 1.29 is 17.3 Å². The largest absolute Gasteiger partial charge is 0.438 e. The van der Waals surface area contributed by atoms with Crippen LogP contribution < -0.4 is 4.72 Å². The van der Waals surface area contributed by atoms with Crippen LogP contribution in [0.2, 0.25) is 0 Å². The number of nitrogens with zero attached hydrogens (tertiary/aromatic N) is 2. The van der Waals surface area contributed by atoms with E-state index < -0.39 is 10.0 Å². The molecular weight excluding hydrogens is 366 g/mol. The Labute approximate surface area is 157 Å². The molecule has 1 fully saturated rings.